The van der Waals surface area contributed by atoms with Crippen LogP contribution in [0.2, 0.25) is 0 Å². The molecule has 0 aliphatic carbocycles. The first kappa shape index (κ1) is 16.5. The number of aliphatic hydroxyl groups is 4. The lowest BCUT2D eigenvalue weighted by Gasteiger charge is -2.40. The van der Waals surface area contributed by atoms with E-state index in [0.29, 0.717) is 5.69 Å². The Labute approximate surface area is 125 Å². The normalized spacial score (nSPS) is 31.5. The summed E-state index contributed by atoms with van der Waals surface area (Å²) in [6, 6.07) is 6.30. The van der Waals surface area contributed by atoms with Crippen LogP contribution in [0.1, 0.15) is 0 Å². The second-order valence-electron chi connectivity index (χ2n) is 4.87. The van der Waals surface area contributed by atoms with Crippen molar-refractivity contribution in [1.29, 1.82) is 0 Å². The molecule has 1 heterocycles. The standard InChI is InChI=1S/C13H18N2O7/c16-5-8-9(17)10(18)11(19)12(22-8)14-6-3-1-2-4-7(6)15-13(20)21/h1-4,8-12,14-19H,5H2,(H,20,21)/t8-,9-,10+,11-,12?/m1/s1. The van der Waals surface area contributed by atoms with Gasteiger partial charge in [-0.15, -0.1) is 0 Å². The summed E-state index contributed by atoms with van der Waals surface area (Å²) in [4.78, 5) is 10.7. The molecule has 0 radical (unpaired) electrons. The van der Waals surface area contributed by atoms with Crippen LogP contribution in [0, 0.1) is 0 Å². The number of carboxylic acid groups (broad SMARTS) is 1. The zero-order chi connectivity index (χ0) is 16.3. The van der Waals surface area contributed by atoms with E-state index in [-0.39, 0.29) is 5.69 Å². The maximum absolute atomic E-state index is 10.7. The monoisotopic (exact) mass is 314 g/mol. The fourth-order valence-electron chi connectivity index (χ4n) is 2.21. The van der Waals surface area contributed by atoms with Crippen molar-refractivity contribution in [2.45, 2.75) is 30.6 Å². The third-order valence-electron chi connectivity index (χ3n) is 3.36. The number of amides is 1. The van der Waals surface area contributed by atoms with E-state index in [0.717, 1.165) is 0 Å². The molecule has 1 saturated heterocycles. The molecule has 5 atom stereocenters. The quantitative estimate of drug-likeness (QED) is 0.373. The van der Waals surface area contributed by atoms with Gasteiger partial charge in [-0.3, -0.25) is 5.32 Å². The maximum atomic E-state index is 10.7. The van der Waals surface area contributed by atoms with E-state index in [1.807, 2.05) is 0 Å². The number of aliphatic hydroxyl groups excluding tert-OH is 4. The number of carbonyl (C=O) groups is 1. The minimum Gasteiger partial charge on any atom is -0.465 e. The maximum Gasteiger partial charge on any atom is 0.409 e. The van der Waals surface area contributed by atoms with E-state index in [2.05, 4.69) is 10.6 Å². The molecular formula is C13H18N2O7. The Balaban J connectivity index is 2.17. The summed E-state index contributed by atoms with van der Waals surface area (Å²) in [5, 5.41) is 52.2. The Morgan fingerprint density at radius 2 is 1.73 bits per heavy atom. The predicted octanol–water partition coefficient (Wildman–Crippen LogP) is -1.01. The van der Waals surface area contributed by atoms with Crippen molar-refractivity contribution in [2.24, 2.45) is 0 Å². The average Bonchev–Trinajstić information content (AvgIpc) is 2.49. The first-order valence-corrected chi connectivity index (χ1v) is 6.60. The Morgan fingerprint density at radius 1 is 1.09 bits per heavy atom. The van der Waals surface area contributed by atoms with Crippen molar-refractivity contribution < 1.29 is 35.1 Å². The van der Waals surface area contributed by atoms with Crippen LogP contribution in [0.15, 0.2) is 24.3 Å². The van der Waals surface area contributed by atoms with Gasteiger partial charge in [-0.05, 0) is 12.1 Å². The predicted molar refractivity (Wildman–Crippen MR) is 75.5 cm³/mol. The molecule has 7 N–H and O–H groups in total. The molecule has 1 aromatic carbocycles. The van der Waals surface area contributed by atoms with Gasteiger partial charge in [0.25, 0.3) is 0 Å². The lowest BCUT2D eigenvalue weighted by molar-refractivity contribution is -0.221. The van der Waals surface area contributed by atoms with Gasteiger partial charge in [0.05, 0.1) is 18.0 Å². The Kier molecular flexibility index (Phi) is 5.16. The van der Waals surface area contributed by atoms with E-state index >= 15 is 0 Å². The van der Waals surface area contributed by atoms with Crippen LogP contribution >= 0.6 is 0 Å². The van der Waals surface area contributed by atoms with Crippen LogP contribution in [-0.2, 0) is 4.74 Å². The minimum absolute atomic E-state index is 0.229. The highest BCUT2D eigenvalue weighted by atomic mass is 16.6. The number of hydrogen-bond donors (Lipinski definition) is 7. The van der Waals surface area contributed by atoms with E-state index in [9.17, 15) is 20.1 Å². The van der Waals surface area contributed by atoms with Crippen molar-refractivity contribution in [1.82, 2.24) is 0 Å². The van der Waals surface area contributed by atoms with Gasteiger partial charge in [0.1, 0.15) is 24.4 Å². The van der Waals surface area contributed by atoms with E-state index in [4.69, 9.17) is 14.9 Å². The summed E-state index contributed by atoms with van der Waals surface area (Å²) in [7, 11) is 0. The Morgan fingerprint density at radius 3 is 2.32 bits per heavy atom. The van der Waals surface area contributed by atoms with Gasteiger partial charge in [0, 0.05) is 0 Å². The lowest BCUT2D eigenvalue weighted by atomic mass is 9.98. The SMILES string of the molecule is O=C(O)Nc1ccccc1NC1O[C@H](CO)[C@@H](O)[C@H](O)[C@H]1O. The number of hydrogen-bond acceptors (Lipinski definition) is 7. The lowest BCUT2D eigenvalue weighted by Crippen LogP contribution is -2.60. The van der Waals surface area contributed by atoms with Crippen molar-refractivity contribution in [3.05, 3.63) is 24.3 Å². The number of para-hydroxylation sites is 2. The highest BCUT2D eigenvalue weighted by molar-refractivity contribution is 5.88. The van der Waals surface area contributed by atoms with Gasteiger partial charge in [-0.2, -0.15) is 0 Å². The molecule has 1 unspecified atom stereocenters. The first-order valence-electron chi connectivity index (χ1n) is 6.60. The number of rotatable bonds is 4. The Hall–Kier alpha value is -1.91. The molecule has 1 aliphatic rings. The minimum atomic E-state index is -1.51. The zero-order valence-electron chi connectivity index (χ0n) is 11.5. The largest absolute Gasteiger partial charge is 0.465 e. The summed E-state index contributed by atoms with van der Waals surface area (Å²) in [6.07, 6.45) is -7.87. The summed E-state index contributed by atoms with van der Waals surface area (Å²) < 4.78 is 5.30. The molecule has 9 nitrogen and oxygen atoms in total. The number of benzene rings is 1. The number of ether oxygens (including phenoxy) is 1. The summed E-state index contributed by atoms with van der Waals surface area (Å²) >= 11 is 0. The van der Waals surface area contributed by atoms with Crippen LogP contribution in [0.3, 0.4) is 0 Å². The van der Waals surface area contributed by atoms with Gasteiger partial charge in [-0.25, -0.2) is 4.79 Å². The van der Waals surface area contributed by atoms with E-state index in [1.165, 1.54) is 6.07 Å². The molecule has 1 fully saturated rings. The van der Waals surface area contributed by atoms with Gasteiger partial charge < -0.3 is 35.6 Å². The molecule has 1 aliphatic heterocycles. The number of anilines is 2. The van der Waals surface area contributed by atoms with Crippen LogP contribution in [0.25, 0.3) is 0 Å². The average molecular weight is 314 g/mol. The fourth-order valence-corrected chi connectivity index (χ4v) is 2.21. The molecule has 9 heteroatoms. The van der Waals surface area contributed by atoms with Crippen molar-refractivity contribution in [2.75, 3.05) is 17.2 Å². The molecule has 0 bridgehead atoms. The highest BCUT2D eigenvalue weighted by Crippen LogP contribution is 2.26. The Bertz CT molecular complexity index is 525. The van der Waals surface area contributed by atoms with Gasteiger partial charge in [-0.1, -0.05) is 12.1 Å². The molecule has 1 aromatic rings. The van der Waals surface area contributed by atoms with E-state index < -0.39 is 43.3 Å². The van der Waals surface area contributed by atoms with Gasteiger partial charge in [0.15, 0.2) is 6.23 Å². The third kappa shape index (κ3) is 3.46. The van der Waals surface area contributed by atoms with Crippen molar-refractivity contribution in [3.8, 4) is 0 Å². The highest BCUT2D eigenvalue weighted by Gasteiger charge is 2.43. The van der Waals surface area contributed by atoms with Crippen LogP contribution < -0.4 is 10.6 Å². The summed E-state index contributed by atoms with van der Waals surface area (Å²) in [6.45, 7) is -0.544. The molecule has 0 saturated carbocycles. The van der Waals surface area contributed by atoms with Crippen LogP contribution in [-0.4, -0.2) is 68.9 Å². The van der Waals surface area contributed by atoms with Crippen molar-refractivity contribution >= 4 is 17.5 Å². The van der Waals surface area contributed by atoms with Crippen LogP contribution in [0.5, 0.6) is 0 Å². The van der Waals surface area contributed by atoms with Crippen LogP contribution in [0.4, 0.5) is 16.2 Å². The molecule has 0 aromatic heterocycles. The van der Waals surface area contributed by atoms with Crippen molar-refractivity contribution in [3.63, 3.8) is 0 Å². The second kappa shape index (κ2) is 6.90. The molecular weight excluding hydrogens is 296 g/mol. The molecule has 122 valence electrons. The summed E-state index contributed by atoms with van der Waals surface area (Å²) in [5.41, 5.74) is 0.543. The molecule has 2 rings (SSSR count). The fraction of sp³-hybridized carbons (Fsp3) is 0.462. The molecule has 22 heavy (non-hydrogen) atoms. The second-order valence-corrected chi connectivity index (χ2v) is 4.87. The third-order valence-corrected chi connectivity index (χ3v) is 3.36. The first-order chi connectivity index (χ1) is 10.4. The smallest absolute Gasteiger partial charge is 0.409 e. The van der Waals surface area contributed by atoms with Gasteiger partial charge >= 0.3 is 6.09 Å². The number of nitrogens with one attached hydrogen (secondary N) is 2. The molecule has 0 spiro atoms. The van der Waals surface area contributed by atoms with Gasteiger partial charge in [0.2, 0.25) is 0 Å². The topological polar surface area (TPSA) is 152 Å². The summed E-state index contributed by atoms with van der Waals surface area (Å²) in [5.74, 6) is 0. The molecule has 1 amide bonds. The zero-order valence-corrected chi connectivity index (χ0v) is 11.5. The van der Waals surface area contributed by atoms with E-state index in [1.54, 1.807) is 18.2 Å².